The SMILES string of the molecule is CCCCCCCCCC/C=C\CCCCCCCCCCCCCC(=O)NC(CO)C(O)CCCCCCCCCCCCC. The lowest BCUT2D eigenvalue weighted by Crippen LogP contribution is -2.45. The number of amides is 1. The molecule has 0 aliphatic carbocycles. The number of aliphatic hydroxyl groups is 2. The van der Waals surface area contributed by atoms with Crippen LogP contribution in [0.3, 0.4) is 0 Å². The first-order valence-electron chi connectivity index (χ1n) is 20.9. The first-order chi connectivity index (χ1) is 22.7. The van der Waals surface area contributed by atoms with Gasteiger partial charge in [0.2, 0.25) is 5.91 Å². The number of hydrogen-bond donors (Lipinski definition) is 3. The van der Waals surface area contributed by atoms with E-state index >= 15 is 0 Å². The van der Waals surface area contributed by atoms with Crippen molar-refractivity contribution in [3.63, 3.8) is 0 Å². The summed E-state index contributed by atoms with van der Waals surface area (Å²) >= 11 is 0. The van der Waals surface area contributed by atoms with Crippen LogP contribution in [-0.2, 0) is 4.79 Å². The third kappa shape index (κ3) is 34.5. The van der Waals surface area contributed by atoms with Gasteiger partial charge in [0.05, 0.1) is 18.8 Å². The number of unbranched alkanes of at least 4 members (excludes halogenated alkanes) is 29. The van der Waals surface area contributed by atoms with Crippen LogP contribution in [-0.4, -0.2) is 34.9 Å². The van der Waals surface area contributed by atoms with Crippen LogP contribution >= 0.6 is 0 Å². The number of nitrogens with one attached hydrogen (secondary N) is 1. The van der Waals surface area contributed by atoms with Crippen LogP contribution in [0.15, 0.2) is 12.2 Å². The summed E-state index contributed by atoms with van der Waals surface area (Å²) < 4.78 is 0. The van der Waals surface area contributed by atoms with Gasteiger partial charge in [-0.15, -0.1) is 0 Å². The molecule has 2 atom stereocenters. The average molecular weight is 650 g/mol. The number of carbonyl (C=O) groups excluding carboxylic acids is 1. The summed E-state index contributed by atoms with van der Waals surface area (Å²) in [5, 5.41) is 23.1. The summed E-state index contributed by atoms with van der Waals surface area (Å²) in [7, 11) is 0. The van der Waals surface area contributed by atoms with Crippen LogP contribution in [0.1, 0.15) is 232 Å². The van der Waals surface area contributed by atoms with Crippen LogP contribution in [0.25, 0.3) is 0 Å². The van der Waals surface area contributed by atoms with Crippen molar-refractivity contribution >= 4 is 5.91 Å². The first kappa shape index (κ1) is 45.1. The summed E-state index contributed by atoms with van der Waals surface area (Å²) in [5.41, 5.74) is 0. The Hall–Kier alpha value is -0.870. The second-order valence-corrected chi connectivity index (χ2v) is 14.4. The Morgan fingerprint density at radius 1 is 0.500 bits per heavy atom. The highest BCUT2D eigenvalue weighted by Crippen LogP contribution is 2.15. The summed E-state index contributed by atoms with van der Waals surface area (Å²) in [6.45, 7) is 4.35. The van der Waals surface area contributed by atoms with Gasteiger partial charge in [0.15, 0.2) is 0 Å². The van der Waals surface area contributed by atoms with E-state index in [9.17, 15) is 15.0 Å². The normalized spacial score (nSPS) is 13.0. The molecule has 0 radical (unpaired) electrons. The van der Waals surface area contributed by atoms with Gasteiger partial charge in [-0.2, -0.15) is 0 Å². The van der Waals surface area contributed by atoms with Crippen LogP contribution in [0.5, 0.6) is 0 Å². The first-order valence-corrected chi connectivity index (χ1v) is 20.9. The molecule has 4 nitrogen and oxygen atoms in total. The van der Waals surface area contributed by atoms with Gasteiger partial charge >= 0.3 is 0 Å². The van der Waals surface area contributed by atoms with Crippen molar-refractivity contribution < 1.29 is 15.0 Å². The second kappa shape index (κ2) is 38.6. The quantitative estimate of drug-likeness (QED) is 0.0460. The van der Waals surface area contributed by atoms with Gasteiger partial charge in [0.25, 0.3) is 0 Å². The van der Waals surface area contributed by atoms with Crippen molar-refractivity contribution in [3.8, 4) is 0 Å². The monoisotopic (exact) mass is 650 g/mol. The van der Waals surface area contributed by atoms with Crippen molar-refractivity contribution in [3.05, 3.63) is 12.2 Å². The van der Waals surface area contributed by atoms with Gasteiger partial charge in [-0.1, -0.05) is 199 Å². The zero-order chi connectivity index (χ0) is 33.6. The fourth-order valence-corrected chi connectivity index (χ4v) is 6.53. The van der Waals surface area contributed by atoms with Gasteiger partial charge in [-0.3, -0.25) is 4.79 Å². The molecule has 274 valence electrons. The van der Waals surface area contributed by atoms with E-state index in [1.165, 1.54) is 180 Å². The molecule has 46 heavy (non-hydrogen) atoms. The molecule has 2 unspecified atom stereocenters. The van der Waals surface area contributed by atoms with Crippen LogP contribution in [0, 0.1) is 0 Å². The van der Waals surface area contributed by atoms with Crippen molar-refractivity contribution in [1.82, 2.24) is 5.32 Å². The fraction of sp³-hybridized carbons (Fsp3) is 0.929. The molecular weight excluding hydrogens is 566 g/mol. The molecule has 0 aliphatic heterocycles. The smallest absolute Gasteiger partial charge is 0.220 e. The van der Waals surface area contributed by atoms with E-state index in [1.54, 1.807) is 0 Å². The van der Waals surface area contributed by atoms with Crippen LogP contribution in [0.2, 0.25) is 0 Å². The van der Waals surface area contributed by atoms with Crippen LogP contribution < -0.4 is 5.32 Å². The highest BCUT2D eigenvalue weighted by molar-refractivity contribution is 5.76. The lowest BCUT2D eigenvalue weighted by molar-refractivity contribution is -0.123. The molecule has 0 bridgehead atoms. The van der Waals surface area contributed by atoms with E-state index in [-0.39, 0.29) is 12.5 Å². The maximum Gasteiger partial charge on any atom is 0.220 e. The van der Waals surface area contributed by atoms with E-state index in [0.29, 0.717) is 12.8 Å². The lowest BCUT2D eigenvalue weighted by atomic mass is 10.0. The van der Waals surface area contributed by atoms with Gasteiger partial charge < -0.3 is 15.5 Å². The predicted molar refractivity (Wildman–Crippen MR) is 202 cm³/mol. The average Bonchev–Trinajstić information content (AvgIpc) is 3.06. The molecule has 1 amide bonds. The molecule has 0 saturated heterocycles. The Bertz CT molecular complexity index is 622. The Balaban J connectivity index is 3.47. The minimum atomic E-state index is -0.654. The molecule has 0 rings (SSSR count). The standard InChI is InChI=1S/C42H83NO3/c1-3-5-7-9-11-13-15-16-17-18-19-20-21-22-23-24-25-26-28-30-32-34-36-38-42(46)43-40(39-44)41(45)37-35-33-31-29-27-14-12-10-8-6-4-2/h18-19,40-41,44-45H,3-17,20-39H2,1-2H3,(H,43,46)/b19-18-. The molecular formula is C42H83NO3. The highest BCUT2D eigenvalue weighted by atomic mass is 16.3. The van der Waals surface area contributed by atoms with Gasteiger partial charge in [0, 0.05) is 6.42 Å². The topological polar surface area (TPSA) is 69.6 Å². The molecule has 0 fully saturated rings. The van der Waals surface area contributed by atoms with Crippen molar-refractivity contribution in [1.29, 1.82) is 0 Å². The lowest BCUT2D eigenvalue weighted by Gasteiger charge is -2.22. The summed E-state index contributed by atoms with van der Waals surface area (Å²) in [5.74, 6) is -0.0315. The Kier molecular flexibility index (Phi) is 37.8. The van der Waals surface area contributed by atoms with Gasteiger partial charge in [-0.25, -0.2) is 0 Å². The molecule has 0 aromatic carbocycles. The molecule has 3 N–H and O–H groups in total. The van der Waals surface area contributed by atoms with Crippen LogP contribution in [0.4, 0.5) is 0 Å². The Labute approximate surface area is 288 Å². The zero-order valence-corrected chi connectivity index (χ0v) is 31.4. The zero-order valence-electron chi connectivity index (χ0n) is 31.4. The van der Waals surface area contributed by atoms with Gasteiger partial charge in [-0.05, 0) is 38.5 Å². The van der Waals surface area contributed by atoms with E-state index in [0.717, 1.165) is 25.7 Å². The maximum absolute atomic E-state index is 12.4. The molecule has 0 aromatic rings. The number of aliphatic hydroxyl groups excluding tert-OH is 2. The van der Waals surface area contributed by atoms with Gasteiger partial charge in [0.1, 0.15) is 0 Å². The van der Waals surface area contributed by atoms with Crippen molar-refractivity contribution in [2.75, 3.05) is 6.61 Å². The summed E-state index contributed by atoms with van der Waals surface area (Å²) in [6.07, 6.45) is 47.1. The third-order valence-electron chi connectivity index (χ3n) is 9.78. The Morgan fingerprint density at radius 2 is 0.826 bits per heavy atom. The maximum atomic E-state index is 12.4. The molecule has 0 aromatic heterocycles. The van der Waals surface area contributed by atoms with E-state index in [1.807, 2.05) is 0 Å². The minimum Gasteiger partial charge on any atom is -0.394 e. The molecule has 0 saturated carbocycles. The van der Waals surface area contributed by atoms with E-state index in [2.05, 4.69) is 31.3 Å². The minimum absolute atomic E-state index is 0.0315. The Morgan fingerprint density at radius 3 is 1.20 bits per heavy atom. The summed E-state index contributed by atoms with van der Waals surface area (Å²) in [6, 6.07) is -0.531. The molecule has 0 aliphatic rings. The van der Waals surface area contributed by atoms with E-state index < -0.39 is 12.1 Å². The number of hydrogen-bond acceptors (Lipinski definition) is 3. The second-order valence-electron chi connectivity index (χ2n) is 14.4. The largest absolute Gasteiger partial charge is 0.394 e. The number of carbonyl (C=O) groups is 1. The fourth-order valence-electron chi connectivity index (χ4n) is 6.53. The number of rotatable bonds is 38. The third-order valence-corrected chi connectivity index (χ3v) is 9.78. The van der Waals surface area contributed by atoms with Crippen molar-refractivity contribution in [2.45, 2.75) is 244 Å². The predicted octanol–water partition coefficient (Wildman–Crippen LogP) is 12.7. The summed E-state index contributed by atoms with van der Waals surface area (Å²) in [4.78, 5) is 12.4. The molecule has 0 spiro atoms. The number of allylic oxidation sites excluding steroid dienone is 2. The molecule has 0 heterocycles. The van der Waals surface area contributed by atoms with E-state index in [4.69, 9.17) is 0 Å². The highest BCUT2D eigenvalue weighted by Gasteiger charge is 2.19. The van der Waals surface area contributed by atoms with Crippen molar-refractivity contribution in [2.24, 2.45) is 0 Å². The molecule has 4 heteroatoms.